The van der Waals surface area contributed by atoms with Gasteiger partial charge in [-0.3, -0.25) is 0 Å². The maximum Gasteiger partial charge on any atom is 0.344 e. The minimum atomic E-state index is -0.830. The molecule has 8 heteroatoms. The number of hydrogen-bond donors (Lipinski definition) is 2. The number of aryl methyl sites for hydroxylation is 1. The van der Waals surface area contributed by atoms with Gasteiger partial charge in [0.2, 0.25) is 11.8 Å². The topological polar surface area (TPSA) is 122 Å². The molecule has 3 heterocycles. The van der Waals surface area contributed by atoms with Gasteiger partial charge in [-0.1, -0.05) is 24.3 Å². The lowest BCUT2D eigenvalue weighted by Crippen LogP contribution is -2.26. The van der Waals surface area contributed by atoms with Crippen molar-refractivity contribution < 1.29 is 18.7 Å². The molecule has 2 aromatic carbocycles. The molecule has 1 aliphatic rings. The van der Waals surface area contributed by atoms with Gasteiger partial charge in [-0.05, 0) is 42.3 Å². The minimum absolute atomic E-state index is 0.0418. The van der Waals surface area contributed by atoms with Crippen molar-refractivity contribution in [3.63, 3.8) is 0 Å². The average molecular weight is 441 g/mol. The Morgan fingerprint density at radius 2 is 1.91 bits per heavy atom. The molecule has 0 bridgehead atoms. The molecule has 162 valence electrons. The molecule has 4 aromatic rings. The fourth-order valence-electron chi connectivity index (χ4n) is 4.02. The number of allylic oxidation sites excluding steroid dienone is 1. The maximum absolute atomic E-state index is 13.5. The van der Waals surface area contributed by atoms with Crippen LogP contribution in [0.5, 0.6) is 11.5 Å². The van der Waals surface area contributed by atoms with Crippen molar-refractivity contribution in [1.82, 2.24) is 4.98 Å². The van der Waals surface area contributed by atoms with Gasteiger partial charge in [-0.2, -0.15) is 9.65 Å². The van der Waals surface area contributed by atoms with Crippen LogP contribution in [-0.2, 0) is 0 Å². The van der Waals surface area contributed by atoms with Crippen LogP contribution in [0.4, 0.5) is 4.39 Å². The molecule has 0 amide bonds. The highest BCUT2D eigenvalue weighted by Gasteiger charge is 2.35. The fraction of sp³-hybridized carbons (Fsp3) is 0.0800. The second-order valence-electron chi connectivity index (χ2n) is 7.69. The number of hydrogen-bond acceptors (Lipinski definition) is 7. The van der Waals surface area contributed by atoms with Gasteiger partial charge in [0.1, 0.15) is 23.0 Å². The minimum Gasteiger partial charge on any atom is -0.508 e. The number of nitriles is 1. The summed E-state index contributed by atoms with van der Waals surface area (Å²) in [5, 5.41) is 20.1. The van der Waals surface area contributed by atoms with Crippen LogP contribution in [0.2, 0.25) is 0 Å². The Labute approximate surface area is 186 Å². The van der Waals surface area contributed by atoms with Crippen molar-refractivity contribution >= 4 is 11.0 Å². The maximum atomic E-state index is 13.5. The Hall–Kier alpha value is -4.64. The first-order valence-corrected chi connectivity index (χ1v) is 9.97. The summed E-state index contributed by atoms with van der Waals surface area (Å²) < 4.78 is 24.7. The Morgan fingerprint density at radius 1 is 1.15 bits per heavy atom. The normalized spacial score (nSPS) is 15.1. The van der Waals surface area contributed by atoms with E-state index < -0.39 is 17.5 Å². The number of nitrogens with zero attached hydrogens (tertiary/aromatic N) is 2. The molecule has 5 rings (SSSR count). The molecule has 1 atom stereocenters. The Kier molecular flexibility index (Phi) is 4.61. The van der Waals surface area contributed by atoms with E-state index in [2.05, 4.69) is 4.98 Å². The van der Waals surface area contributed by atoms with E-state index >= 15 is 0 Å². The summed E-state index contributed by atoms with van der Waals surface area (Å²) in [5.74, 6) is -1.39. The molecular weight excluding hydrogens is 425 g/mol. The van der Waals surface area contributed by atoms with Crippen LogP contribution in [0.25, 0.3) is 22.1 Å². The van der Waals surface area contributed by atoms with E-state index in [1.165, 1.54) is 24.4 Å². The summed E-state index contributed by atoms with van der Waals surface area (Å²) in [6.45, 7) is 1.63. The van der Waals surface area contributed by atoms with E-state index in [0.29, 0.717) is 16.5 Å². The molecular formula is C25H16FN3O4. The summed E-state index contributed by atoms with van der Waals surface area (Å²) >= 11 is 0. The van der Waals surface area contributed by atoms with Gasteiger partial charge in [-0.25, -0.2) is 9.78 Å². The van der Waals surface area contributed by atoms with Crippen LogP contribution in [0.3, 0.4) is 0 Å². The largest absolute Gasteiger partial charge is 0.508 e. The van der Waals surface area contributed by atoms with Crippen LogP contribution >= 0.6 is 0 Å². The highest BCUT2D eigenvalue weighted by Crippen LogP contribution is 2.44. The summed E-state index contributed by atoms with van der Waals surface area (Å²) in [6.07, 6.45) is 1.44. The van der Waals surface area contributed by atoms with Gasteiger partial charge in [-0.15, -0.1) is 0 Å². The first-order valence-electron chi connectivity index (χ1n) is 9.97. The molecule has 7 nitrogen and oxygen atoms in total. The summed E-state index contributed by atoms with van der Waals surface area (Å²) in [6, 6.07) is 15.1. The van der Waals surface area contributed by atoms with E-state index in [1.807, 2.05) is 6.07 Å². The summed E-state index contributed by atoms with van der Waals surface area (Å²) in [7, 11) is 0. The van der Waals surface area contributed by atoms with E-state index in [-0.39, 0.29) is 34.1 Å². The molecule has 0 aliphatic carbocycles. The summed E-state index contributed by atoms with van der Waals surface area (Å²) in [5.41, 5.74) is 8.34. The van der Waals surface area contributed by atoms with Crippen LogP contribution in [-0.4, -0.2) is 10.1 Å². The molecule has 0 saturated heterocycles. The number of pyridine rings is 1. The van der Waals surface area contributed by atoms with Crippen molar-refractivity contribution in [1.29, 1.82) is 5.26 Å². The highest BCUT2D eigenvalue weighted by atomic mass is 19.1. The highest BCUT2D eigenvalue weighted by molar-refractivity contribution is 5.87. The number of halogens is 1. The number of fused-ring (bicyclic) bond motifs is 3. The van der Waals surface area contributed by atoms with Crippen molar-refractivity contribution in [3.8, 4) is 28.7 Å². The predicted octanol–water partition coefficient (Wildman–Crippen LogP) is 4.23. The average Bonchev–Trinajstić information content (AvgIpc) is 2.81. The third kappa shape index (κ3) is 3.27. The molecule has 0 fully saturated rings. The zero-order chi connectivity index (χ0) is 23.3. The second-order valence-corrected chi connectivity index (χ2v) is 7.69. The number of aromatic hydroxyl groups is 1. The zero-order valence-electron chi connectivity index (χ0n) is 17.3. The van der Waals surface area contributed by atoms with Crippen molar-refractivity contribution in [2.45, 2.75) is 12.8 Å². The van der Waals surface area contributed by atoms with Crippen molar-refractivity contribution in [3.05, 3.63) is 99.2 Å². The number of benzene rings is 2. The number of phenolic OH excluding ortho intramolecular Hbond substituents is 1. The monoisotopic (exact) mass is 441 g/mol. The third-order valence-electron chi connectivity index (χ3n) is 5.64. The van der Waals surface area contributed by atoms with Gasteiger partial charge >= 0.3 is 5.63 Å². The van der Waals surface area contributed by atoms with Gasteiger partial charge in [0.25, 0.3) is 0 Å². The van der Waals surface area contributed by atoms with Gasteiger partial charge < -0.3 is 20.0 Å². The van der Waals surface area contributed by atoms with E-state index in [4.69, 9.17) is 14.9 Å². The number of phenols is 1. The van der Waals surface area contributed by atoms with Crippen LogP contribution < -0.4 is 16.1 Å². The van der Waals surface area contributed by atoms with Gasteiger partial charge in [0.15, 0.2) is 5.75 Å². The standard InChI is InChI=1S/C25H16FN3O4/c1-12-8-15(11-29-23(12)26)13-2-4-14(5-3-13)20-18(10-27)24(28)33-22-17-9-16(30)6-7-19(17)32-25(31)21(20)22/h2-9,11,20,30H,28H2,1H3. The lowest BCUT2D eigenvalue weighted by molar-refractivity contribution is 0.387. The molecule has 3 N–H and O–H groups in total. The van der Waals surface area contributed by atoms with Crippen LogP contribution in [0, 0.1) is 24.2 Å². The number of nitrogens with two attached hydrogens (primary N) is 1. The quantitative estimate of drug-likeness (QED) is 0.353. The lowest BCUT2D eigenvalue weighted by atomic mass is 9.83. The lowest BCUT2D eigenvalue weighted by Gasteiger charge is -2.26. The second kappa shape index (κ2) is 7.50. The van der Waals surface area contributed by atoms with E-state index in [0.717, 1.165) is 11.1 Å². The third-order valence-corrected chi connectivity index (χ3v) is 5.64. The Morgan fingerprint density at radius 3 is 2.61 bits per heavy atom. The van der Waals surface area contributed by atoms with Gasteiger partial charge in [0.05, 0.1) is 16.9 Å². The first-order chi connectivity index (χ1) is 15.9. The van der Waals surface area contributed by atoms with Crippen molar-refractivity contribution in [2.75, 3.05) is 0 Å². The number of aromatic nitrogens is 1. The number of rotatable bonds is 2. The smallest absolute Gasteiger partial charge is 0.344 e. The number of ether oxygens (including phenoxy) is 1. The first kappa shape index (κ1) is 20.3. The van der Waals surface area contributed by atoms with Crippen LogP contribution in [0.15, 0.2) is 75.4 Å². The molecule has 2 aromatic heterocycles. The van der Waals surface area contributed by atoms with Crippen LogP contribution in [0.1, 0.15) is 22.6 Å². The summed E-state index contributed by atoms with van der Waals surface area (Å²) in [4.78, 5) is 16.7. The Balaban J connectivity index is 1.69. The van der Waals surface area contributed by atoms with Gasteiger partial charge in [0, 0.05) is 17.3 Å². The SMILES string of the molecule is Cc1cc(-c2ccc(C3C(C#N)=C(N)Oc4c3c(=O)oc3ccc(O)cc43)cc2)cnc1F. The molecule has 0 spiro atoms. The van der Waals surface area contributed by atoms with Crippen molar-refractivity contribution in [2.24, 2.45) is 5.73 Å². The fourth-order valence-corrected chi connectivity index (χ4v) is 4.02. The zero-order valence-corrected chi connectivity index (χ0v) is 17.3. The molecule has 33 heavy (non-hydrogen) atoms. The predicted molar refractivity (Wildman–Crippen MR) is 118 cm³/mol. The molecule has 1 aliphatic heterocycles. The molecule has 0 radical (unpaired) electrons. The Bertz CT molecular complexity index is 1570. The van der Waals surface area contributed by atoms with E-state index in [9.17, 15) is 19.6 Å². The van der Waals surface area contributed by atoms with E-state index in [1.54, 1.807) is 37.3 Å². The molecule has 1 unspecified atom stereocenters. The molecule has 0 saturated carbocycles.